The maximum Gasteiger partial charge on any atom is 0.317 e. The van der Waals surface area contributed by atoms with Gasteiger partial charge in [-0.1, -0.05) is 48.5 Å². The second-order valence-corrected chi connectivity index (χ2v) is 7.47. The predicted molar refractivity (Wildman–Crippen MR) is 109 cm³/mol. The molecule has 0 aliphatic carbocycles. The number of para-hydroxylation sites is 1. The van der Waals surface area contributed by atoms with E-state index in [2.05, 4.69) is 34.5 Å². The SMILES string of the molecule is CNC(=O)N1CCC2(CC1)C(=O)N(Cc1ccccc1)CN2c1ccccc1. The number of nitrogens with one attached hydrogen (secondary N) is 1. The third-order valence-electron chi connectivity index (χ3n) is 5.89. The van der Waals surface area contributed by atoms with Crippen LogP contribution in [0.1, 0.15) is 18.4 Å². The van der Waals surface area contributed by atoms with Gasteiger partial charge in [-0.25, -0.2) is 4.79 Å². The van der Waals surface area contributed by atoms with Gasteiger partial charge < -0.3 is 20.0 Å². The summed E-state index contributed by atoms with van der Waals surface area (Å²) < 4.78 is 0. The van der Waals surface area contributed by atoms with Crippen LogP contribution in [0.3, 0.4) is 0 Å². The van der Waals surface area contributed by atoms with Crippen molar-refractivity contribution < 1.29 is 9.59 Å². The summed E-state index contributed by atoms with van der Waals surface area (Å²) in [6, 6.07) is 20.2. The van der Waals surface area contributed by atoms with E-state index in [0.717, 1.165) is 11.3 Å². The van der Waals surface area contributed by atoms with Gasteiger partial charge in [0.25, 0.3) is 0 Å². The van der Waals surface area contributed by atoms with E-state index >= 15 is 0 Å². The lowest BCUT2D eigenvalue weighted by Crippen LogP contribution is -2.58. The van der Waals surface area contributed by atoms with Gasteiger partial charge in [0.15, 0.2) is 0 Å². The van der Waals surface area contributed by atoms with Crippen LogP contribution in [-0.4, -0.2) is 54.1 Å². The summed E-state index contributed by atoms with van der Waals surface area (Å²) >= 11 is 0. The molecule has 0 radical (unpaired) electrons. The quantitative estimate of drug-likeness (QED) is 0.893. The number of carbonyl (C=O) groups excluding carboxylic acids is 2. The summed E-state index contributed by atoms with van der Waals surface area (Å²) in [6.45, 7) is 2.32. The minimum atomic E-state index is -0.583. The number of nitrogens with zero attached hydrogens (tertiary/aromatic N) is 3. The number of amides is 3. The van der Waals surface area contributed by atoms with Crippen molar-refractivity contribution in [2.24, 2.45) is 0 Å². The van der Waals surface area contributed by atoms with Crippen LogP contribution in [0.15, 0.2) is 60.7 Å². The van der Waals surface area contributed by atoms with Gasteiger partial charge >= 0.3 is 6.03 Å². The molecule has 2 saturated heterocycles. The Labute approximate surface area is 165 Å². The molecule has 1 N–H and O–H groups in total. The molecule has 3 amide bonds. The average Bonchev–Trinajstić information content (AvgIpc) is 3.01. The first-order chi connectivity index (χ1) is 13.6. The first-order valence-electron chi connectivity index (χ1n) is 9.77. The predicted octanol–water partition coefficient (Wildman–Crippen LogP) is 2.67. The third-order valence-corrected chi connectivity index (χ3v) is 5.89. The second kappa shape index (κ2) is 7.54. The third kappa shape index (κ3) is 3.19. The van der Waals surface area contributed by atoms with Crippen LogP contribution in [0.2, 0.25) is 0 Å². The summed E-state index contributed by atoms with van der Waals surface area (Å²) in [5, 5.41) is 2.69. The number of rotatable bonds is 3. The summed E-state index contributed by atoms with van der Waals surface area (Å²) in [5.74, 6) is 0.164. The molecular formula is C22H26N4O2. The molecule has 6 nitrogen and oxygen atoms in total. The first kappa shape index (κ1) is 18.3. The van der Waals surface area contributed by atoms with Crippen molar-refractivity contribution >= 4 is 17.6 Å². The fourth-order valence-corrected chi connectivity index (χ4v) is 4.36. The molecule has 1 spiro atoms. The first-order valence-corrected chi connectivity index (χ1v) is 9.77. The zero-order chi connectivity index (χ0) is 19.6. The molecule has 2 fully saturated rings. The van der Waals surface area contributed by atoms with Crippen molar-refractivity contribution in [2.45, 2.75) is 24.9 Å². The molecule has 0 saturated carbocycles. The topological polar surface area (TPSA) is 55.9 Å². The van der Waals surface area contributed by atoms with Crippen LogP contribution in [0, 0.1) is 0 Å². The zero-order valence-corrected chi connectivity index (χ0v) is 16.2. The molecule has 2 aromatic rings. The van der Waals surface area contributed by atoms with Gasteiger partial charge in [0, 0.05) is 32.4 Å². The molecule has 2 heterocycles. The highest BCUT2D eigenvalue weighted by atomic mass is 16.2. The Kier molecular flexibility index (Phi) is 4.94. The molecule has 6 heteroatoms. The number of hydrogen-bond donors (Lipinski definition) is 1. The molecule has 0 atom stereocenters. The maximum absolute atomic E-state index is 13.6. The van der Waals surface area contributed by atoms with Crippen molar-refractivity contribution in [1.82, 2.24) is 15.1 Å². The lowest BCUT2D eigenvalue weighted by molar-refractivity contribution is -0.133. The van der Waals surface area contributed by atoms with Crippen molar-refractivity contribution in [3.8, 4) is 0 Å². The summed E-state index contributed by atoms with van der Waals surface area (Å²) in [5.41, 5.74) is 1.60. The Balaban J connectivity index is 1.62. The highest BCUT2D eigenvalue weighted by Gasteiger charge is 2.53. The van der Waals surface area contributed by atoms with Gasteiger partial charge in [0.05, 0.1) is 6.67 Å². The van der Waals surface area contributed by atoms with Crippen molar-refractivity contribution in [3.05, 3.63) is 66.2 Å². The van der Waals surface area contributed by atoms with Gasteiger partial charge in [-0.05, 0) is 30.5 Å². The maximum atomic E-state index is 13.6. The molecule has 146 valence electrons. The molecule has 0 bridgehead atoms. The summed E-state index contributed by atoms with van der Waals surface area (Å²) in [4.78, 5) is 31.6. The Hall–Kier alpha value is -3.02. The van der Waals surface area contributed by atoms with E-state index in [-0.39, 0.29) is 11.9 Å². The largest absolute Gasteiger partial charge is 0.341 e. The van der Waals surface area contributed by atoms with E-state index in [1.165, 1.54) is 0 Å². The highest BCUT2D eigenvalue weighted by molar-refractivity contribution is 5.94. The average molecular weight is 378 g/mol. The number of anilines is 1. The normalized spacial score (nSPS) is 18.6. The van der Waals surface area contributed by atoms with Crippen molar-refractivity contribution in [3.63, 3.8) is 0 Å². The Bertz CT molecular complexity index is 832. The molecule has 0 unspecified atom stereocenters. The highest BCUT2D eigenvalue weighted by Crippen LogP contribution is 2.39. The molecular weight excluding hydrogens is 352 g/mol. The molecule has 4 rings (SSSR count). The number of hydrogen-bond acceptors (Lipinski definition) is 3. The Morgan fingerprint density at radius 3 is 2.21 bits per heavy atom. The van der Waals surface area contributed by atoms with E-state index < -0.39 is 5.54 Å². The van der Waals surface area contributed by atoms with E-state index in [1.807, 2.05) is 41.3 Å². The van der Waals surface area contributed by atoms with Crippen LogP contribution < -0.4 is 10.2 Å². The smallest absolute Gasteiger partial charge is 0.317 e. The molecule has 2 aliphatic heterocycles. The molecule has 2 aliphatic rings. The van der Waals surface area contributed by atoms with Gasteiger partial charge in [-0.2, -0.15) is 0 Å². The van der Waals surface area contributed by atoms with E-state index in [9.17, 15) is 9.59 Å². The van der Waals surface area contributed by atoms with E-state index in [4.69, 9.17) is 0 Å². The number of piperidine rings is 1. The number of benzene rings is 2. The van der Waals surface area contributed by atoms with Gasteiger partial charge in [-0.15, -0.1) is 0 Å². The number of carbonyl (C=O) groups is 2. The molecule has 2 aromatic carbocycles. The van der Waals surface area contributed by atoms with Crippen molar-refractivity contribution in [2.75, 3.05) is 31.7 Å². The fraction of sp³-hybridized carbons (Fsp3) is 0.364. The lowest BCUT2D eigenvalue weighted by Gasteiger charge is -2.43. The van der Waals surface area contributed by atoms with Gasteiger partial charge in [0.1, 0.15) is 5.54 Å². The Morgan fingerprint density at radius 1 is 1.00 bits per heavy atom. The minimum absolute atomic E-state index is 0.0762. The summed E-state index contributed by atoms with van der Waals surface area (Å²) in [7, 11) is 1.64. The van der Waals surface area contributed by atoms with Gasteiger partial charge in [-0.3, -0.25) is 4.79 Å². The monoisotopic (exact) mass is 378 g/mol. The van der Waals surface area contributed by atoms with Crippen LogP contribution in [0.25, 0.3) is 0 Å². The van der Waals surface area contributed by atoms with E-state index in [1.54, 1.807) is 11.9 Å². The minimum Gasteiger partial charge on any atom is -0.341 e. The second-order valence-electron chi connectivity index (χ2n) is 7.47. The number of likely N-dealkylation sites (tertiary alicyclic amines) is 1. The van der Waals surface area contributed by atoms with Crippen molar-refractivity contribution in [1.29, 1.82) is 0 Å². The van der Waals surface area contributed by atoms with Crippen LogP contribution in [0.4, 0.5) is 10.5 Å². The van der Waals surface area contributed by atoms with Gasteiger partial charge in [0.2, 0.25) is 5.91 Å². The van der Waals surface area contributed by atoms with E-state index in [0.29, 0.717) is 39.1 Å². The summed E-state index contributed by atoms with van der Waals surface area (Å²) in [6.07, 6.45) is 1.28. The van der Waals surface area contributed by atoms with Crippen LogP contribution >= 0.6 is 0 Å². The molecule has 28 heavy (non-hydrogen) atoms. The van der Waals surface area contributed by atoms with Crippen LogP contribution in [-0.2, 0) is 11.3 Å². The standard InChI is InChI=1S/C22H26N4O2/c1-23-21(28)24-14-12-22(13-15-24)20(27)25(16-18-8-4-2-5-9-18)17-26(22)19-10-6-3-7-11-19/h2-11H,12-17H2,1H3,(H,23,28). The zero-order valence-electron chi connectivity index (χ0n) is 16.2. The Morgan fingerprint density at radius 2 is 1.61 bits per heavy atom. The molecule has 0 aromatic heterocycles. The lowest BCUT2D eigenvalue weighted by atomic mass is 9.85. The number of urea groups is 1. The van der Waals surface area contributed by atoms with Crippen LogP contribution in [0.5, 0.6) is 0 Å². The fourth-order valence-electron chi connectivity index (χ4n) is 4.36.